The molecule has 0 fully saturated rings. The standard InChI is InChI=1S/C15H22N2O/c1-17(2)11-12-6-4-5-7-15(12)13-8-14(18-3)10-16-9-13/h8-10H,4-7,11H2,1-3H3. The molecule has 0 saturated heterocycles. The molecule has 1 heterocycles. The van der Waals surface area contributed by atoms with Crippen molar-refractivity contribution in [2.24, 2.45) is 0 Å². The first-order valence-corrected chi connectivity index (χ1v) is 6.55. The SMILES string of the molecule is COc1cncc(C2=C(CN(C)C)CCCC2)c1. The van der Waals surface area contributed by atoms with Crippen LogP contribution in [-0.2, 0) is 0 Å². The monoisotopic (exact) mass is 246 g/mol. The first kappa shape index (κ1) is 13.1. The summed E-state index contributed by atoms with van der Waals surface area (Å²) in [4.78, 5) is 6.52. The summed E-state index contributed by atoms with van der Waals surface area (Å²) >= 11 is 0. The summed E-state index contributed by atoms with van der Waals surface area (Å²) in [5, 5.41) is 0. The van der Waals surface area contributed by atoms with Gasteiger partial charge in [-0.2, -0.15) is 0 Å². The van der Waals surface area contributed by atoms with Crippen molar-refractivity contribution < 1.29 is 4.74 Å². The van der Waals surface area contributed by atoms with Gasteiger partial charge in [-0.05, 0) is 57.0 Å². The summed E-state index contributed by atoms with van der Waals surface area (Å²) in [5.74, 6) is 0.842. The van der Waals surface area contributed by atoms with Crippen molar-refractivity contribution in [1.29, 1.82) is 0 Å². The molecular weight excluding hydrogens is 224 g/mol. The Hall–Kier alpha value is -1.35. The first-order valence-electron chi connectivity index (χ1n) is 6.55. The van der Waals surface area contributed by atoms with Gasteiger partial charge in [-0.1, -0.05) is 5.57 Å². The second kappa shape index (κ2) is 6.01. The smallest absolute Gasteiger partial charge is 0.137 e. The molecule has 0 amide bonds. The number of rotatable bonds is 4. The van der Waals surface area contributed by atoms with Gasteiger partial charge in [0.05, 0.1) is 13.3 Å². The summed E-state index contributed by atoms with van der Waals surface area (Å²) < 4.78 is 5.27. The Morgan fingerprint density at radius 2 is 2.00 bits per heavy atom. The van der Waals surface area contributed by atoms with E-state index in [1.807, 2.05) is 6.20 Å². The number of nitrogens with zero attached hydrogens (tertiary/aromatic N) is 2. The second-order valence-electron chi connectivity index (χ2n) is 5.14. The van der Waals surface area contributed by atoms with Crippen LogP contribution >= 0.6 is 0 Å². The zero-order valence-corrected chi connectivity index (χ0v) is 11.6. The Kier molecular flexibility index (Phi) is 4.37. The van der Waals surface area contributed by atoms with Crippen molar-refractivity contribution in [2.75, 3.05) is 27.7 Å². The number of hydrogen-bond donors (Lipinski definition) is 0. The molecule has 0 saturated carbocycles. The lowest BCUT2D eigenvalue weighted by Gasteiger charge is -2.23. The van der Waals surface area contributed by atoms with Gasteiger partial charge in [0.25, 0.3) is 0 Å². The van der Waals surface area contributed by atoms with Gasteiger partial charge in [-0.15, -0.1) is 0 Å². The summed E-state index contributed by atoms with van der Waals surface area (Å²) in [6, 6.07) is 2.10. The minimum absolute atomic E-state index is 0.842. The molecule has 3 heteroatoms. The molecule has 0 aliphatic heterocycles. The van der Waals surface area contributed by atoms with Crippen molar-refractivity contribution in [3.8, 4) is 5.75 Å². The topological polar surface area (TPSA) is 25.4 Å². The molecule has 0 atom stereocenters. The maximum absolute atomic E-state index is 5.27. The Labute approximate surface area is 109 Å². The van der Waals surface area contributed by atoms with Crippen molar-refractivity contribution in [3.63, 3.8) is 0 Å². The zero-order chi connectivity index (χ0) is 13.0. The largest absolute Gasteiger partial charge is 0.495 e. The van der Waals surface area contributed by atoms with Gasteiger partial charge in [-0.25, -0.2) is 0 Å². The van der Waals surface area contributed by atoms with E-state index in [4.69, 9.17) is 4.74 Å². The van der Waals surface area contributed by atoms with E-state index in [9.17, 15) is 0 Å². The predicted molar refractivity (Wildman–Crippen MR) is 74.7 cm³/mol. The predicted octanol–water partition coefficient (Wildman–Crippen LogP) is 2.98. The van der Waals surface area contributed by atoms with Crippen LogP contribution in [0.4, 0.5) is 0 Å². The third-order valence-electron chi connectivity index (χ3n) is 3.39. The molecule has 1 aliphatic carbocycles. The molecule has 18 heavy (non-hydrogen) atoms. The minimum atomic E-state index is 0.842. The van der Waals surface area contributed by atoms with Gasteiger partial charge in [0.2, 0.25) is 0 Å². The van der Waals surface area contributed by atoms with E-state index in [1.54, 1.807) is 18.9 Å². The molecule has 98 valence electrons. The van der Waals surface area contributed by atoms with E-state index >= 15 is 0 Å². The number of methoxy groups -OCH3 is 1. The van der Waals surface area contributed by atoms with Crippen LogP contribution in [0.25, 0.3) is 5.57 Å². The molecule has 0 N–H and O–H groups in total. The average Bonchev–Trinajstić information content (AvgIpc) is 2.39. The maximum Gasteiger partial charge on any atom is 0.137 e. The molecule has 3 nitrogen and oxygen atoms in total. The number of aromatic nitrogens is 1. The van der Waals surface area contributed by atoms with Crippen LogP contribution in [0.3, 0.4) is 0 Å². The number of allylic oxidation sites excluding steroid dienone is 1. The van der Waals surface area contributed by atoms with Gasteiger partial charge < -0.3 is 9.64 Å². The molecule has 1 aromatic rings. The molecule has 0 bridgehead atoms. The lowest BCUT2D eigenvalue weighted by Crippen LogP contribution is -2.17. The summed E-state index contributed by atoms with van der Waals surface area (Å²) in [7, 11) is 5.95. The highest BCUT2D eigenvalue weighted by atomic mass is 16.5. The van der Waals surface area contributed by atoms with Gasteiger partial charge in [-0.3, -0.25) is 4.98 Å². The number of pyridine rings is 1. The first-order chi connectivity index (χ1) is 8.70. The van der Waals surface area contributed by atoms with Crippen molar-refractivity contribution in [3.05, 3.63) is 29.6 Å². The lowest BCUT2D eigenvalue weighted by molar-refractivity contribution is 0.412. The average molecular weight is 246 g/mol. The maximum atomic E-state index is 5.27. The Bertz CT molecular complexity index is 438. The Morgan fingerprint density at radius 1 is 1.22 bits per heavy atom. The van der Waals surface area contributed by atoms with Crippen LogP contribution in [0.5, 0.6) is 5.75 Å². The van der Waals surface area contributed by atoms with Crippen LogP contribution < -0.4 is 4.74 Å². The fourth-order valence-corrected chi connectivity index (χ4v) is 2.57. The van der Waals surface area contributed by atoms with Crippen LogP contribution in [0.1, 0.15) is 31.2 Å². The zero-order valence-electron chi connectivity index (χ0n) is 11.6. The second-order valence-corrected chi connectivity index (χ2v) is 5.14. The lowest BCUT2D eigenvalue weighted by atomic mass is 9.87. The molecule has 1 aliphatic rings. The number of likely N-dealkylation sites (N-methyl/N-ethyl adjacent to an activating group) is 1. The van der Waals surface area contributed by atoms with Crippen LogP contribution in [0.15, 0.2) is 24.0 Å². The summed E-state index contributed by atoms with van der Waals surface area (Å²) in [6.45, 7) is 1.05. The normalized spacial score (nSPS) is 16.2. The van der Waals surface area contributed by atoms with E-state index in [0.717, 1.165) is 18.7 Å². The van der Waals surface area contributed by atoms with E-state index in [0.29, 0.717) is 0 Å². The van der Waals surface area contributed by atoms with Gasteiger partial charge >= 0.3 is 0 Å². The Morgan fingerprint density at radius 3 is 2.72 bits per heavy atom. The van der Waals surface area contributed by atoms with E-state index in [1.165, 1.54) is 30.4 Å². The van der Waals surface area contributed by atoms with Crippen LogP contribution in [0.2, 0.25) is 0 Å². The number of ether oxygens (including phenoxy) is 1. The fourth-order valence-electron chi connectivity index (χ4n) is 2.57. The third kappa shape index (κ3) is 3.10. The summed E-state index contributed by atoms with van der Waals surface area (Å²) in [5.41, 5.74) is 4.26. The highest BCUT2D eigenvalue weighted by Gasteiger charge is 2.15. The van der Waals surface area contributed by atoms with Crippen molar-refractivity contribution >= 4 is 5.57 Å². The van der Waals surface area contributed by atoms with Crippen LogP contribution in [0, 0.1) is 0 Å². The quantitative estimate of drug-likeness (QED) is 0.816. The highest BCUT2D eigenvalue weighted by molar-refractivity contribution is 5.70. The van der Waals surface area contributed by atoms with Gasteiger partial charge in [0.1, 0.15) is 5.75 Å². The van der Waals surface area contributed by atoms with Crippen LogP contribution in [-0.4, -0.2) is 37.6 Å². The van der Waals surface area contributed by atoms with Gasteiger partial charge in [0.15, 0.2) is 0 Å². The Balaban J connectivity index is 2.34. The molecule has 0 radical (unpaired) electrons. The van der Waals surface area contributed by atoms with Crippen molar-refractivity contribution in [1.82, 2.24) is 9.88 Å². The minimum Gasteiger partial charge on any atom is -0.495 e. The summed E-state index contributed by atoms with van der Waals surface area (Å²) in [6.07, 6.45) is 8.69. The van der Waals surface area contributed by atoms with E-state index in [-0.39, 0.29) is 0 Å². The molecule has 2 rings (SSSR count). The highest BCUT2D eigenvalue weighted by Crippen LogP contribution is 2.33. The van der Waals surface area contributed by atoms with E-state index in [2.05, 4.69) is 30.0 Å². The van der Waals surface area contributed by atoms with Gasteiger partial charge in [0, 0.05) is 12.7 Å². The van der Waals surface area contributed by atoms with E-state index < -0.39 is 0 Å². The number of hydrogen-bond acceptors (Lipinski definition) is 3. The molecular formula is C15H22N2O. The van der Waals surface area contributed by atoms with Crippen molar-refractivity contribution in [2.45, 2.75) is 25.7 Å². The molecule has 1 aromatic heterocycles. The third-order valence-corrected chi connectivity index (χ3v) is 3.39. The fraction of sp³-hybridized carbons (Fsp3) is 0.533. The molecule has 0 aromatic carbocycles. The molecule has 0 spiro atoms. The molecule has 0 unspecified atom stereocenters.